The van der Waals surface area contributed by atoms with Gasteiger partial charge in [0.15, 0.2) is 6.61 Å². The number of nitrogens with one attached hydrogen (secondary N) is 1. The maximum atomic E-state index is 13.2. The Labute approximate surface area is 192 Å². The van der Waals surface area contributed by atoms with Crippen LogP contribution in [0.15, 0.2) is 54.6 Å². The fraction of sp³-hybridized carbons (Fsp3) is 0.481. The number of carbonyl (C=O) groups is 2. The summed E-state index contributed by atoms with van der Waals surface area (Å²) in [6, 6.07) is 17.2. The molecule has 1 unspecified atom stereocenters. The van der Waals surface area contributed by atoms with Gasteiger partial charge in [0.1, 0.15) is 11.8 Å². The van der Waals surface area contributed by atoms with Gasteiger partial charge in [-0.15, -0.1) is 0 Å². The highest BCUT2D eigenvalue weighted by atomic mass is 16.5. The minimum absolute atomic E-state index is 0.0585. The molecule has 5 nitrogen and oxygen atoms in total. The Hall–Kier alpha value is -2.82. The lowest BCUT2D eigenvalue weighted by Crippen LogP contribution is -2.50. The van der Waals surface area contributed by atoms with Gasteiger partial charge in [-0.2, -0.15) is 0 Å². The molecule has 1 aliphatic carbocycles. The fourth-order valence-corrected chi connectivity index (χ4v) is 4.03. The van der Waals surface area contributed by atoms with Gasteiger partial charge in [0.25, 0.3) is 5.91 Å². The summed E-state index contributed by atoms with van der Waals surface area (Å²) in [5.41, 5.74) is 2.25. The van der Waals surface area contributed by atoms with Crippen LogP contribution < -0.4 is 10.1 Å². The number of rotatable bonds is 8. The van der Waals surface area contributed by atoms with E-state index in [1.54, 1.807) is 11.8 Å². The fourth-order valence-electron chi connectivity index (χ4n) is 4.03. The average Bonchev–Trinajstić information content (AvgIpc) is 3.28. The number of amides is 2. The number of benzene rings is 2. The molecule has 1 atom stereocenters. The Morgan fingerprint density at radius 3 is 2.25 bits per heavy atom. The van der Waals surface area contributed by atoms with E-state index in [0.29, 0.717) is 12.3 Å². The minimum atomic E-state index is -0.574. The van der Waals surface area contributed by atoms with E-state index in [2.05, 4.69) is 26.1 Å². The van der Waals surface area contributed by atoms with Crippen LogP contribution >= 0.6 is 0 Å². The molecule has 0 heterocycles. The van der Waals surface area contributed by atoms with Crippen molar-refractivity contribution in [2.24, 2.45) is 0 Å². The van der Waals surface area contributed by atoms with Crippen LogP contribution in [0.1, 0.15) is 64.5 Å². The summed E-state index contributed by atoms with van der Waals surface area (Å²) in [5, 5.41) is 3.12. The lowest BCUT2D eigenvalue weighted by atomic mass is 9.87. The van der Waals surface area contributed by atoms with Crippen molar-refractivity contribution in [1.29, 1.82) is 0 Å². The Balaban J connectivity index is 1.67. The van der Waals surface area contributed by atoms with E-state index in [1.807, 2.05) is 54.6 Å². The van der Waals surface area contributed by atoms with Crippen molar-refractivity contribution in [3.63, 3.8) is 0 Å². The molecule has 3 rings (SSSR count). The summed E-state index contributed by atoms with van der Waals surface area (Å²) >= 11 is 0. The first kappa shape index (κ1) is 23.8. The van der Waals surface area contributed by atoms with E-state index in [1.165, 1.54) is 5.56 Å². The van der Waals surface area contributed by atoms with Gasteiger partial charge in [-0.3, -0.25) is 9.59 Å². The van der Waals surface area contributed by atoms with Gasteiger partial charge in [-0.05, 0) is 48.4 Å². The highest BCUT2D eigenvalue weighted by Gasteiger charge is 2.28. The van der Waals surface area contributed by atoms with Gasteiger partial charge in [-0.25, -0.2) is 0 Å². The molecule has 5 heteroatoms. The number of nitrogens with zero attached hydrogens (tertiary/aromatic N) is 1. The second kappa shape index (κ2) is 10.7. The van der Waals surface area contributed by atoms with Crippen LogP contribution in [0.2, 0.25) is 0 Å². The van der Waals surface area contributed by atoms with Crippen molar-refractivity contribution >= 4 is 11.8 Å². The van der Waals surface area contributed by atoms with Crippen molar-refractivity contribution in [3.05, 3.63) is 65.7 Å². The third-order valence-corrected chi connectivity index (χ3v) is 6.15. The Kier molecular flexibility index (Phi) is 7.94. The van der Waals surface area contributed by atoms with E-state index in [4.69, 9.17) is 4.74 Å². The summed E-state index contributed by atoms with van der Waals surface area (Å²) in [6.45, 7) is 8.53. The lowest BCUT2D eigenvalue weighted by molar-refractivity contribution is -0.142. The monoisotopic (exact) mass is 436 g/mol. The van der Waals surface area contributed by atoms with E-state index in [0.717, 1.165) is 31.2 Å². The quantitative estimate of drug-likeness (QED) is 0.644. The summed E-state index contributed by atoms with van der Waals surface area (Å²) < 4.78 is 5.79. The zero-order valence-electron chi connectivity index (χ0n) is 19.8. The van der Waals surface area contributed by atoms with E-state index in [-0.39, 0.29) is 29.9 Å². The highest BCUT2D eigenvalue weighted by Crippen LogP contribution is 2.24. The van der Waals surface area contributed by atoms with Gasteiger partial charge in [0, 0.05) is 12.6 Å². The molecule has 2 amide bonds. The van der Waals surface area contributed by atoms with Crippen LogP contribution in [-0.4, -0.2) is 35.4 Å². The normalized spacial score (nSPS) is 15.2. The van der Waals surface area contributed by atoms with Crippen LogP contribution in [-0.2, 0) is 21.5 Å². The number of hydrogen-bond donors (Lipinski definition) is 1. The molecule has 1 fully saturated rings. The maximum absolute atomic E-state index is 13.2. The Morgan fingerprint density at radius 2 is 1.66 bits per heavy atom. The molecule has 1 aliphatic rings. The zero-order valence-corrected chi connectivity index (χ0v) is 19.8. The topological polar surface area (TPSA) is 58.6 Å². The zero-order chi connectivity index (χ0) is 23.1. The van der Waals surface area contributed by atoms with E-state index < -0.39 is 6.04 Å². The van der Waals surface area contributed by atoms with Crippen LogP contribution in [0.5, 0.6) is 5.75 Å². The average molecular weight is 437 g/mol. The highest BCUT2D eigenvalue weighted by molar-refractivity contribution is 5.88. The van der Waals surface area contributed by atoms with Gasteiger partial charge < -0.3 is 15.0 Å². The SMILES string of the molecule is CC(C(=O)NC1CCCC1)N(Cc1ccccc1)C(=O)COc1ccc(C(C)(C)C)cc1. The van der Waals surface area contributed by atoms with Gasteiger partial charge in [-0.1, -0.05) is 76.1 Å². The van der Waals surface area contributed by atoms with Crippen molar-refractivity contribution < 1.29 is 14.3 Å². The molecule has 0 aromatic heterocycles. The number of carbonyl (C=O) groups excluding carboxylic acids is 2. The minimum Gasteiger partial charge on any atom is -0.484 e. The molecule has 0 bridgehead atoms. The van der Waals surface area contributed by atoms with Crippen molar-refractivity contribution in [3.8, 4) is 5.75 Å². The van der Waals surface area contributed by atoms with Crippen molar-refractivity contribution in [2.75, 3.05) is 6.61 Å². The molecule has 1 saturated carbocycles. The molecule has 0 spiro atoms. The summed E-state index contributed by atoms with van der Waals surface area (Å²) in [5.74, 6) is 0.340. The predicted molar refractivity (Wildman–Crippen MR) is 127 cm³/mol. The summed E-state index contributed by atoms with van der Waals surface area (Å²) in [4.78, 5) is 27.7. The van der Waals surface area contributed by atoms with Crippen LogP contribution in [0.3, 0.4) is 0 Å². The molecule has 0 aliphatic heterocycles. The predicted octanol–water partition coefficient (Wildman–Crippen LogP) is 4.84. The summed E-state index contributed by atoms with van der Waals surface area (Å²) in [7, 11) is 0. The molecule has 0 radical (unpaired) electrons. The molecular formula is C27H36N2O3. The summed E-state index contributed by atoms with van der Waals surface area (Å²) in [6.07, 6.45) is 4.32. The maximum Gasteiger partial charge on any atom is 0.261 e. The van der Waals surface area contributed by atoms with E-state index in [9.17, 15) is 9.59 Å². The van der Waals surface area contributed by atoms with Crippen molar-refractivity contribution in [2.45, 2.75) is 77.4 Å². The number of hydrogen-bond acceptors (Lipinski definition) is 3. The molecule has 172 valence electrons. The molecule has 1 N–H and O–H groups in total. The third kappa shape index (κ3) is 6.59. The molecular weight excluding hydrogens is 400 g/mol. The molecule has 2 aromatic rings. The smallest absolute Gasteiger partial charge is 0.261 e. The standard InChI is InChI=1S/C27H36N2O3/c1-20(26(31)28-23-12-8-9-13-23)29(18-21-10-6-5-7-11-21)25(30)19-32-24-16-14-22(15-17-24)27(2,3)4/h5-7,10-11,14-17,20,23H,8-9,12-13,18-19H2,1-4H3,(H,28,31). The second-order valence-corrected chi connectivity index (χ2v) is 9.74. The Bertz CT molecular complexity index is 881. The van der Waals surface area contributed by atoms with Gasteiger partial charge in [0.05, 0.1) is 0 Å². The van der Waals surface area contributed by atoms with Crippen LogP contribution in [0.4, 0.5) is 0 Å². The van der Waals surface area contributed by atoms with E-state index >= 15 is 0 Å². The van der Waals surface area contributed by atoms with Gasteiger partial charge >= 0.3 is 0 Å². The first-order valence-corrected chi connectivity index (χ1v) is 11.6. The van der Waals surface area contributed by atoms with Crippen LogP contribution in [0, 0.1) is 0 Å². The third-order valence-electron chi connectivity index (χ3n) is 6.15. The van der Waals surface area contributed by atoms with Crippen LogP contribution in [0.25, 0.3) is 0 Å². The second-order valence-electron chi connectivity index (χ2n) is 9.74. The lowest BCUT2D eigenvalue weighted by Gasteiger charge is -2.29. The molecule has 32 heavy (non-hydrogen) atoms. The first-order chi connectivity index (χ1) is 15.2. The first-order valence-electron chi connectivity index (χ1n) is 11.6. The molecule has 0 saturated heterocycles. The largest absolute Gasteiger partial charge is 0.484 e. The Morgan fingerprint density at radius 1 is 1.03 bits per heavy atom. The number of ether oxygens (including phenoxy) is 1. The van der Waals surface area contributed by atoms with Gasteiger partial charge in [0.2, 0.25) is 5.91 Å². The molecule has 2 aromatic carbocycles. The van der Waals surface area contributed by atoms with Crippen molar-refractivity contribution in [1.82, 2.24) is 10.2 Å².